The van der Waals surface area contributed by atoms with Crippen molar-refractivity contribution in [3.63, 3.8) is 0 Å². The van der Waals surface area contributed by atoms with Crippen LogP contribution in [0, 0.1) is 6.92 Å². The Kier molecular flexibility index (Phi) is 4.43. The zero-order chi connectivity index (χ0) is 15.5. The van der Waals surface area contributed by atoms with Gasteiger partial charge in [-0.25, -0.2) is 4.98 Å². The minimum atomic E-state index is 0.131. The summed E-state index contributed by atoms with van der Waals surface area (Å²) >= 11 is 1.57. The maximum absolute atomic E-state index is 12.6. The number of likely N-dealkylation sites (N-methyl/N-ethyl adjacent to an activating group) is 1. The summed E-state index contributed by atoms with van der Waals surface area (Å²) in [4.78, 5) is 23.2. The van der Waals surface area contributed by atoms with Crippen molar-refractivity contribution in [2.75, 3.05) is 25.0 Å². The maximum Gasteiger partial charge on any atom is 0.263 e. The Labute approximate surface area is 135 Å². The highest BCUT2D eigenvalue weighted by atomic mass is 32.1. The van der Waals surface area contributed by atoms with Crippen LogP contribution in [0.5, 0.6) is 0 Å². The third-order valence-electron chi connectivity index (χ3n) is 4.19. The van der Waals surface area contributed by atoms with Gasteiger partial charge in [-0.1, -0.05) is 6.07 Å². The van der Waals surface area contributed by atoms with Crippen LogP contribution >= 0.6 is 11.3 Å². The quantitative estimate of drug-likeness (QED) is 0.873. The summed E-state index contributed by atoms with van der Waals surface area (Å²) in [6, 6.07) is 10.2. The van der Waals surface area contributed by atoms with E-state index in [2.05, 4.69) is 9.88 Å². The van der Waals surface area contributed by atoms with Crippen molar-refractivity contribution in [3.05, 3.63) is 46.3 Å². The number of aromatic nitrogens is 1. The van der Waals surface area contributed by atoms with Crippen molar-refractivity contribution in [2.24, 2.45) is 0 Å². The molecule has 1 saturated heterocycles. The van der Waals surface area contributed by atoms with Crippen molar-refractivity contribution in [2.45, 2.75) is 25.8 Å². The summed E-state index contributed by atoms with van der Waals surface area (Å²) < 4.78 is 0. The van der Waals surface area contributed by atoms with E-state index in [1.165, 1.54) is 4.88 Å². The fourth-order valence-corrected chi connectivity index (χ4v) is 3.76. The summed E-state index contributed by atoms with van der Waals surface area (Å²) in [5.74, 6) is 1.13. The average Bonchev–Trinajstić information content (AvgIpc) is 3.01. The number of carbonyl (C=O) groups excluding carboxylic acids is 1. The van der Waals surface area contributed by atoms with Gasteiger partial charge in [-0.05, 0) is 44.0 Å². The molecule has 22 heavy (non-hydrogen) atoms. The maximum atomic E-state index is 12.6. The molecule has 0 bridgehead atoms. The van der Waals surface area contributed by atoms with Crippen LogP contribution in [0.2, 0.25) is 0 Å². The Hall–Kier alpha value is -1.88. The highest BCUT2D eigenvalue weighted by Gasteiger charge is 2.27. The van der Waals surface area contributed by atoms with Crippen LogP contribution in [-0.2, 0) is 0 Å². The van der Waals surface area contributed by atoms with Crippen molar-refractivity contribution in [1.29, 1.82) is 0 Å². The number of carbonyl (C=O) groups is 1. The number of hydrogen-bond donors (Lipinski definition) is 0. The monoisotopic (exact) mass is 315 g/mol. The molecular formula is C17H21N3OS. The normalized spacial score (nSPS) is 18.3. The number of hydrogen-bond acceptors (Lipinski definition) is 4. The summed E-state index contributed by atoms with van der Waals surface area (Å²) in [5, 5.41) is 0. The molecule has 0 radical (unpaired) electrons. The molecule has 2 aromatic rings. The summed E-state index contributed by atoms with van der Waals surface area (Å²) in [7, 11) is 1.92. The molecule has 1 fully saturated rings. The first-order valence-electron chi connectivity index (χ1n) is 7.65. The zero-order valence-electron chi connectivity index (χ0n) is 13.0. The molecule has 0 spiro atoms. The van der Waals surface area contributed by atoms with E-state index in [-0.39, 0.29) is 11.9 Å². The molecule has 5 heteroatoms. The second kappa shape index (κ2) is 6.48. The van der Waals surface area contributed by atoms with Crippen molar-refractivity contribution in [1.82, 2.24) is 9.88 Å². The first-order chi connectivity index (χ1) is 10.6. The number of anilines is 1. The van der Waals surface area contributed by atoms with E-state index in [0.717, 1.165) is 36.6 Å². The van der Waals surface area contributed by atoms with Crippen LogP contribution < -0.4 is 4.90 Å². The van der Waals surface area contributed by atoms with E-state index in [1.54, 1.807) is 11.3 Å². The first kappa shape index (κ1) is 15.0. The number of nitrogens with zero attached hydrogens (tertiary/aromatic N) is 3. The molecule has 3 heterocycles. The van der Waals surface area contributed by atoms with Gasteiger partial charge in [-0.15, -0.1) is 11.3 Å². The molecule has 1 aliphatic rings. The van der Waals surface area contributed by atoms with Gasteiger partial charge in [0.15, 0.2) is 0 Å². The summed E-state index contributed by atoms with van der Waals surface area (Å²) in [6.45, 7) is 3.89. The van der Waals surface area contributed by atoms with Gasteiger partial charge < -0.3 is 9.80 Å². The minimum Gasteiger partial charge on any atom is -0.355 e. The summed E-state index contributed by atoms with van der Waals surface area (Å²) in [6.07, 6.45) is 3.96. The van der Waals surface area contributed by atoms with Crippen LogP contribution in [0.25, 0.3) is 0 Å². The zero-order valence-corrected chi connectivity index (χ0v) is 13.8. The van der Waals surface area contributed by atoms with Gasteiger partial charge in [0.25, 0.3) is 5.91 Å². The van der Waals surface area contributed by atoms with Crippen molar-refractivity contribution in [3.8, 4) is 0 Å². The van der Waals surface area contributed by atoms with E-state index in [1.807, 2.05) is 55.4 Å². The van der Waals surface area contributed by atoms with E-state index < -0.39 is 0 Å². The number of pyridine rings is 1. The molecule has 3 rings (SSSR count). The summed E-state index contributed by atoms with van der Waals surface area (Å²) in [5.41, 5.74) is 0. The third-order valence-corrected chi connectivity index (χ3v) is 5.18. The van der Waals surface area contributed by atoms with Gasteiger partial charge in [0.1, 0.15) is 5.82 Å². The van der Waals surface area contributed by atoms with Gasteiger partial charge in [-0.2, -0.15) is 0 Å². The van der Waals surface area contributed by atoms with E-state index in [9.17, 15) is 4.79 Å². The highest BCUT2D eigenvalue weighted by Crippen LogP contribution is 2.23. The lowest BCUT2D eigenvalue weighted by Crippen LogP contribution is -2.48. The fraction of sp³-hybridized carbons (Fsp3) is 0.412. The largest absolute Gasteiger partial charge is 0.355 e. The van der Waals surface area contributed by atoms with E-state index in [4.69, 9.17) is 0 Å². The third kappa shape index (κ3) is 3.14. The second-order valence-electron chi connectivity index (χ2n) is 5.76. The Bertz CT molecular complexity index is 640. The number of aryl methyl sites for hydroxylation is 1. The molecule has 1 aliphatic heterocycles. The molecule has 116 valence electrons. The molecule has 1 atom stereocenters. The SMILES string of the molecule is Cc1ccc(C(=O)N(C)C2CCCN(c3ccccn3)C2)s1. The lowest BCUT2D eigenvalue weighted by molar-refractivity contribution is 0.0722. The van der Waals surface area contributed by atoms with Crippen molar-refractivity contribution < 1.29 is 4.79 Å². The number of rotatable bonds is 3. The number of thiophene rings is 1. The van der Waals surface area contributed by atoms with Crippen LogP contribution in [0.15, 0.2) is 36.5 Å². The Morgan fingerprint density at radius 2 is 2.23 bits per heavy atom. The Morgan fingerprint density at radius 3 is 2.91 bits per heavy atom. The predicted octanol–water partition coefficient (Wildman–Crippen LogP) is 3.19. The molecule has 0 aliphatic carbocycles. The molecule has 4 nitrogen and oxygen atoms in total. The van der Waals surface area contributed by atoms with E-state index in [0.29, 0.717) is 0 Å². The van der Waals surface area contributed by atoms with Gasteiger partial charge in [-0.3, -0.25) is 4.79 Å². The van der Waals surface area contributed by atoms with E-state index >= 15 is 0 Å². The second-order valence-corrected chi connectivity index (χ2v) is 7.04. The van der Waals surface area contributed by atoms with Crippen LogP contribution in [-0.4, -0.2) is 42.0 Å². The van der Waals surface area contributed by atoms with Gasteiger partial charge in [0.2, 0.25) is 0 Å². The van der Waals surface area contributed by atoms with Gasteiger partial charge in [0.05, 0.1) is 4.88 Å². The Morgan fingerprint density at radius 1 is 1.36 bits per heavy atom. The van der Waals surface area contributed by atoms with Gasteiger partial charge in [0, 0.05) is 37.3 Å². The standard InChI is InChI=1S/C17H21N3OS/c1-13-8-9-15(22-13)17(21)19(2)14-6-5-11-20(12-14)16-7-3-4-10-18-16/h3-4,7-10,14H,5-6,11-12H2,1-2H3. The predicted molar refractivity (Wildman–Crippen MR) is 90.6 cm³/mol. The molecule has 0 aromatic carbocycles. The van der Waals surface area contributed by atoms with Gasteiger partial charge >= 0.3 is 0 Å². The first-order valence-corrected chi connectivity index (χ1v) is 8.46. The number of amides is 1. The minimum absolute atomic E-state index is 0.131. The van der Waals surface area contributed by atoms with Crippen molar-refractivity contribution >= 4 is 23.1 Å². The molecule has 1 amide bonds. The molecule has 2 aromatic heterocycles. The highest BCUT2D eigenvalue weighted by molar-refractivity contribution is 7.13. The average molecular weight is 315 g/mol. The van der Waals surface area contributed by atoms with Crippen LogP contribution in [0.4, 0.5) is 5.82 Å². The van der Waals surface area contributed by atoms with Crippen LogP contribution in [0.3, 0.4) is 0 Å². The lowest BCUT2D eigenvalue weighted by atomic mass is 10.0. The lowest BCUT2D eigenvalue weighted by Gasteiger charge is -2.38. The fourth-order valence-electron chi connectivity index (χ4n) is 2.91. The molecule has 0 N–H and O–H groups in total. The molecule has 1 unspecified atom stereocenters. The number of piperidine rings is 1. The topological polar surface area (TPSA) is 36.4 Å². The van der Waals surface area contributed by atoms with Crippen LogP contribution in [0.1, 0.15) is 27.4 Å². The molecular weight excluding hydrogens is 294 g/mol. The smallest absolute Gasteiger partial charge is 0.263 e. The Balaban J connectivity index is 1.70. The molecule has 0 saturated carbocycles.